The van der Waals surface area contributed by atoms with E-state index in [2.05, 4.69) is 17.1 Å². The highest BCUT2D eigenvalue weighted by Crippen LogP contribution is 2.24. The van der Waals surface area contributed by atoms with Crippen LogP contribution in [0.2, 0.25) is 0 Å². The van der Waals surface area contributed by atoms with Gasteiger partial charge in [0.05, 0.1) is 6.61 Å². The molecule has 144 valence electrons. The van der Waals surface area contributed by atoms with Crippen LogP contribution >= 0.6 is 0 Å². The first-order valence-corrected chi connectivity index (χ1v) is 9.66. The van der Waals surface area contributed by atoms with Crippen molar-refractivity contribution in [1.29, 1.82) is 0 Å². The molecule has 0 unspecified atom stereocenters. The average Bonchev–Trinajstić information content (AvgIpc) is 2.61. The van der Waals surface area contributed by atoms with E-state index in [1.807, 2.05) is 29.2 Å². The Morgan fingerprint density at radius 3 is 2.65 bits per heavy atom. The summed E-state index contributed by atoms with van der Waals surface area (Å²) in [5, 5.41) is 3.02. The summed E-state index contributed by atoms with van der Waals surface area (Å²) in [5.41, 5.74) is 1.07. The monoisotopic (exact) mass is 361 g/mol. The van der Waals surface area contributed by atoms with E-state index >= 15 is 0 Å². The highest BCUT2D eigenvalue weighted by Gasteiger charge is 2.37. The van der Waals surface area contributed by atoms with Gasteiger partial charge in [-0.15, -0.1) is 0 Å². The van der Waals surface area contributed by atoms with Crippen LogP contribution in [0.4, 0.5) is 4.79 Å². The summed E-state index contributed by atoms with van der Waals surface area (Å²) < 4.78 is 10.5. The molecule has 1 atom stereocenters. The summed E-state index contributed by atoms with van der Waals surface area (Å²) in [4.78, 5) is 16.8. The predicted octanol–water partition coefficient (Wildman–Crippen LogP) is 2.48. The lowest BCUT2D eigenvalue weighted by Crippen LogP contribution is -2.64. The topological polar surface area (TPSA) is 54.0 Å². The van der Waals surface area contributed by atoms with Gasteiger partial charge < -0.3 is 19.7 Å². The number of amides is 2. The van der Waals surface area contributed by atoms with Gasteiger partial charge in [0.1, 0.15) is 12.4 Å². The number of benzene rings is 1. The summed E-state index contributed by atoms with van der Waals surface area (Å²) in [6.07, 6.45) is 3.91. The van der Waals surface area contributed by atoms with Crippen LogP contribution in [0.15, 0.2) is 24.3 Å². The SMILES string of the molecule is COCCOc1ccc(CNC(=O)N2CC(N3CCCC[C@H]3C)C2)cc1. The molecular formula is C20H31N3O3. The standard InChI is InChI=1S/C20H31N3O3/c1-16-5-3-4-10-23(16)18-14-22(15-18)20(24)21-13-17-6-8-19(9-7-17)26-12-11-25-2/h6-9,16,18H,3-5,10-15H2,1-2H3,(H,21,24)/t16-/m1/s1. The van der Waals surface area contributed by atoms with Crippen LogP contribution in [0, 0.1) is 0 Å². The molecule has 6 heteroatoms. The van der Waals surface area contributed by atoms with E-state index in [-0.39, 0.29) is 6.03 Å². The normalized spacial score (nSPS) is 21.3. The smallest absolute Gasteiger partial charge is 0.317 e. The number of urea groups is 1. The van der Waals surface area contributed by atoms with E-state index in [0.29, 0.717) is 31.8 Å². The van der Waals surface area contributed by atoms with Gasteiger partial charge in [-0.25, -0.2) is 4.79 Å². The first kappa shape index (κ1) is 19.0. The lowest BCUT2D eigenvalue weighted by Gasteiger charge is -2.49. The van der Waals surface area contributed by atoms with Crippen LogP contribution in [0.5, 0.6) is 5.75 Å². The molecule has 0 saturated carbocycles. The molecular weight excluding hydrogens is 330 g/mol. The quantitative estimate of drug-likeness (QED) is 0.758. The van der Waals surface area contributed by atoms with E-state index in [1.165, 1.54) is 25.8 Å². The second-order valence-electron chi connectivity index (χ2n) is 7.29. The van der Waals surface area contributed by atoms with Crippen molar-refractivity contribution < 1.29 is 14.3 Å². The van der Waals surface area contributed by atoms with Crippen molar-refractivity contribution in [3.05, 3.63) is 29.8 Å². The molecule has 0 aromatic heterocycles. The summed E-state index contributed by atoms with van der Waals surface area (Å²) in [6, 6.07) is 9.05. The molecule has 2 aliphatic heterocycles. The maximum absolute atomic E-state index is 12.3. The van der Waals surface area contributed by atoms with Crippen molar-refractivity contribution in [2.24, 2.45) is 0 Å². The van der Waals surface area contributed by atoms with Crippen LogP contribution in [-0.4, -0.2) is 67.9 Å². The summed E-state index contributed by atoms with van der Waals surface area (Å²) >= 11 is 0. The molecule has 1 aromatic rings. The molecule has 2 aliphatic rings. The number of hydrogen-bond donors (Lipinski definition) is 1. The van der Waals surface area contributed by atoms with Crippen LogP contribution < -0.4 is 10.1 Å². The van der Waals surface area contributed by atoms with Crippen molar-refractivity contribution in [1.82, 2.24) is 15.1 Å². The van der Waals surface area contributed by atoms with Crippen molar-refractivity contribution in [3.63, 3.8) is 0 Å². The van der Waals surface area contributed by atoms with Crippen molar-refractivity contribution in [2.75, 3.05) is 40.0 Å². The van der Waals surface area contributed by atoms with Gasteiger partial charge in [-0.05, 0) is 44.0 Å². The number of nitrogens with zero attached hydrogens (tertiary/aromatic N) is 2. The molecule has 3 rings (SSSR count). The minimum absolute atomic E-state index is 0.0336. The molecule has 2 amide bonds. The number of ether oxygens (including phenoxy) is 2. The minimum Gasteiger partial charge on any atom is -0.491 e. The molecule has 2 saturated heterocycles. The first-order chi connectivity index (χ1) is 12.7. The number of carbonyl (C=O) groups excluding carboxylic acids is 1. The van der Waals surface area contributed by atoms with E-state index in [1.54, 1.807) is 7.11 Å². The Hall–Kier alpha value is -1.79. The number of methoxy groups -OCH3 is 1. The first-order valence-electron chi connectivity index (χ1n) is 9.66. The van der Waals surface area contributed by atoms with Gasteiger partial charge in [0.25, 0.3) is 0 Å². The predicted molar refractivity (Wildman–Crippen MR) is 101 cm³/mol. The van der Waals surface area contributed by atoms with Crippen molar-refractivity contribution in [2.45, 2.75) is 44.8 Å². The minimum atomic E-state index is 0.0336. The molecule has 6 nitrogen and oxygen atoms in total. The highest BCUT2D eigenvalue weighted by molar-refractivity contribution is 5.75. The Balaban J connectivity index is 1.37. The molecule has 0 aliphatic carbocycles. The zero-order valence-electron chi connectivity index (χ0n) is 15.9. The molecule has 2 heterocycles. The van der Waals surface area contributed by atoms with Crippen molar-refractivity contribution >= 4 is 6.03 Å². The van der Waals surface area contributed by atoms with Gasteiger partial charge in [0, 0.05) is 38.8 Å². The zero-order valence-corrected chi connectivity index (χ0v) is 15.9. The summed E-state index contributed by atoms with van der Waals surface area (Å²) in [5.74, 6) is 0.818. The van der Waals surface area contributed by atoms with Crippen LogP contribution in [0.3, 0.4) is 0 Å². The Kier molecular flexibility index (Phi) is 6.74. The number of piperidine rings is 1. The van der Waals surface area contributed by atoms with Gasteiger partial charge >= 0.3 is 6.03 Å². The molecule has 2 fully saturated rings. The summed E-state index contributed by atoms with van der Waals surface area (Å²) in [6.45, 7) is 6.84. The Morgan fingerprint density at radius 2 is 1.96 bits per heavy atom. The fourth-order valence-electron chi connectivity index (χ4n) is 3.73. The molecule has 0 spiro atoms. The van der Waals surface area contributed by atoms with Gasteiger partial charge in [-0.1, -0.05) is 18.6 Å². The van der Waals surface area contributed by atoms with Crippen LogP contribution in [-0.2, 0) is 11.3 Å². The average molecular weight is 361 g/mol. The number of likely N-dealkylation sites (tertiary alicyclic amines) is 2. The second-order valence-corrected chi connectivity index (χ2v) is 7.29. The zero-order chi connectivity index (χ0) is 18.4. The van der Waals surface area contributed by atoms with E-state index < -0.39 is 0 Å². The number of hydrogen-bond acceptors (Lipinski definition) is 4. The van der Waals surface area contributed by atoms with E-state index in [9.17, 15) is 4.79 Å². The third-order valence-corrected chi connectivity index (χ3v) is 5.40. The molecule has 1 aromatic carbocycles. The third kappa shape index (κ3) is 4.89. The largest absolute Gasteiger partial charge is 0.491 e. The molecule has 0 bridgehead atoms. The van der Waals surface area contributed by atoms with Gasteiger partial charge in [0.15, 0.2) is 0 Å². The number of nitrogens with one attached hydrogen (secondary N) is 1. The Morgan fingerprint density at radius 1 is 1.19 bits per heavy atom. The van der Waals surface area contributed by atoms with Gasteiger partial charge in [0.2, 0.25) is 0 Å². The highest BCUT2D eigenvalue weighted by atomic mass is 16.5. The fraction of sp³-hybridized carbons (Fsp3) is 0.650. The third-order valence-electron chi connectivity index (χ3n) is 5.40. The lowest BCUT2D eigenvalue weighted by molar-refractivity contribution is 0.0169. The lowest BCUT2D eigenvalue weighted by atomic mass is 9.98. The maximum Gasteiger partial charge on any atom is 0.317 e. The molecule has 1 N–H and O–H groups in total. The van der Waals surface area contributed by atoms with E-state index in [0.717, 1.165) is 24.4 Å². The van der Waals surface area contributed by atoms with Gasteiger partial charge in [-0.2, -0.15) is 0 Å². The second kappa shape index (κ2) is 9.24. The Bertz CT molecular complexity index is 572. The van der Waals surface area contributed by atoms with E-state index in [4.69, 9.17) is 9.47 Å². The summed E-state index contributed by atoms with van der Waals surface area (Å²) in [7, 11) is 1.66. The molecule has 0 radical (unpaired) electrons. The van der Waals surface area contributed by atoms with Crippen LogP contribution in [0.1, 0.15) is 31.7 Å². The van der Waals surface area contributed by atoms with Crippen molar-refractivity contribution in [3.8, 4) is 5.75 Å². The van der Waals surface area contributed by atoms with Gasteiger partial charge in [-0.3, -0.25) is 4.90 Å². The maximum atomic E-state index is 12.3. The number of carbonyl (C=O) groups is 1. The number of rotatable bonds is 7. The fourth-order valence-corrected chi connectivity index (χ4v) is 3.73. The molecule has 26 heavy (non-hydrogen) atoms. The van der Waals surface area contributed by atoms with Crippen LogP contribution in [0.25, 0.3) is 0 Å². The Labute approximate surface area is 156 Å².